The van der Waals surface area contributed by atoms with Gasteiger partial charge in [-0.25, -0.2) is 12.8 Å². The van der Waals surface area contributed by atoms with E-state index < -0.39 is 15.7 Å². The SMILES string of the molecule is O=C1CCc2cc(S(=O)(=O)Cl)ccc2N1CCF. The number of hydrogen-bond donors (Lipinski definition) is 0. The quantitative estimate of drug-likeness (QED) is 0.799. The van der Waals surface area contributed by atoms with Crippen LogP contribution in [0.3, 0.4) is 0 Å². The Hall–Kier alpha value is -1.14. The third-order valence-corrected chi connectivity index (χ3v) is 4.19. The Bertz CT molecular complexity index is 588. The van der Waals surface area contributed by atoms with Crippen molar-refractivity contribution >= 4 is 31.3 Å². The molecule has 0 fully saturated rings. The maximum atomic E-state index is 12.4. The largest absolute Gasteiger partial charge is 0.310 e. The molecule has 1 aliphatic heterocycles. The molecule has 98 valence electrons. The van der Waals surface area contributed by atoms with Gasteiger partial charge < -0.3 is 4.90 Å². The van der Waals surface area contributed by atoms with Gasteiger partial charge in [-0.05, 0) is 30.2 Å². The molecule has 1 aliphatic rings. The summed E-state index contributed by atoms with van der Waals surface area (Å²) in [6.45, 7) is -0.653. The fourth-order valence-corrected chi connectivity index (χ4v) is 2.82. The van der Waals surface area contributed by atoms with Crippen molar-refractivity contribution in [1.82, 2.24) is 0 Å². The molecule has 1 aromatic carbocycles. The molecule has 4 nitrogen and oxygen atoms in total. The zero-order valence-corrected chi connectivity index (χ0v) is 11.0. The smallest absolute Gasteiger partial charge is 0.261 e. The average Bonchev–Trinajstić information content (AvgIpc) is 2.31. The predicted octanol–water partition coefficient (Wildman–Crippen LogP) is 1.86. The molecule has 0 aliphatic carbocycles. The standard InChI is InChI=1S/C11H11ClFNO3S/c12-18(16,17)9-2-3-10-8(7-9)1-4-11(15)14(10)6-5-13/h2-3,7H,1,4-6H2. The van der Waals surface area contributed by atoms with Gasteiger partial charge in [0.1, 0.15) is 6.67 Å². The molecule has 0 spiro atoms. The molecule has 1 heterocycles. The lowest BCUT2D eigenvalue weighted by atomic mass is 10.0. The Labute approximate surface area is 109 Å². The molecule has 18 heavy (non-hydrogen) atoms. The molecular formula is C11H11ClFNO3S. The Morgan fingerprint density at radius 2 is 2.06 bits per heavy atom. The molecular weight excluding hydrogens is 281 g/mol. The van der Waals surface area contributed by atoms with Crippen LogP contribution in [-0.4, -0.2) is 27.5 Å². The van der Waals surface area contributed by atoms with E-state index >= 15 is 0 Å². The number of aryl methyl sites for hydroxylation is 1. The van der Waals surface area contributed by atoms with Crippen molar-refractivity contribution in [2.24, 2.45) is 0 Å². The van der Waals surface area contributed by atoms with Crippen molar-refractivity contribution in [2.75, 3.05) is 18.1 Å². The van der Waals surface area contributed by atoms with Gasteiger partial charge in [0.2, 0.25) is 5.91 Å². The number of hydrogen-bond acceptors (Lipinski definition) is 3. The van der Waals surface area contributed by atoms with Crippen molar-refractivity contribution in [2.45, 2.75) is 17.7 Å². The zero-order chi connectivity index (χ0) is 13.3. The molecule has 0 N–H and O–H groups in total. The second-order valence-electron chi connectivity index (χ2n) is 3.96. The number of alkyl halides is 1. The van der Waals surface area contributed by atoms with Crippen LogP contribution in [0.5, 0.6) is 0 Å². The minimum Gasteiger partial charge on any atom is -0.310 e. The average molecular weight is 292 g/mol. The van der Waals surface area contributed by atoms with Gasteiger partial charge in [0.05, 0.1) is 11.4 Å². The summed E-state index contributed by atoms with van der Waals surface area (Å²) in [5, 5.41) is 0. The molecule has 1 amide bonds. The summed E-state index contributed by atoms with van der Waals surface area (Å²) in [6, 6.07) is 4.26. The Morgan fingerprint density at radius 3 is 2.67 bits per heavy atom. The van der Waals surface area contributed by atoms with Gasteiger partial charge in [-0.3, -0.25) is 4.79 Å². The molecule has 1 aromatic rings. The van der Waals surface area contributed by atoms with Crippen LogP contribution in [0.15, 0.2) is 23.1 Å². The number of nitrogens with zero attached hydrogens (tertiary/aromatic N) is 1. The molecule has 0 atom stereocenters. The lowest BCUT2D eigenvalue weighted by Gasteiger charge is -2.28. The normalized spacial score (nSPS) is 15.7. The monoisotopic (exact) mass is 291 g/mol. The first-order valence-electron chi connectivity index (χ1n) is 5.37. The number of carbonyl (C=O) groups excluding carboxylic acids is 1. The first kappa shape index (κ1) is 13.3. The minimum atomic E-state index is -3.78. The summed E-state index contributed by atoms with van der Waals surface area (Å²) in [7, 11) is 1.47. The van der Waals surface area contributed by atoms with Gasteiger partial charge in [-0.2, -0.15) is 0 Å². The Morgan fingerprint density at radius 1 is 1.33 bits per heavy atom. The highest BCUT2D eigenvalue weighted by molar-refractivity contribution is 8.13. The van der Waals surface area contributed by atoms with Crippen molar-refractivity contribution in [3.8, 4) is 0 Å². The molecule has 0 unspecified atom stereocenters. The second kappa shape index (κ2) is 4.85. The highest BCUT2D eigenvalue weighted by atomic mass is 35.7. The van der Waals surface area contributed by atoms with E-state index in [4.69, 9.17) is 10.7 Å². The lowest BCUT2D eigenvalue weighted by Crippen LogP contribution is -2.36. The predicted molar refractivity (Wildman–Crippen MR) is 66.1 cm³/mol. The molecule has 0 radical (unpaired) electrons. The highest BCUT2D eigenvalue weighted by Crippen LogP contribution is 2.30. The fourth-order valence-electron chi connectivity index (χ4n) is 2.02. The lowest BCUT2D eigenvalue weighted by molar-refractivity contribution is -0.118. The molecule has 2 rings (SSSR count). The highest BCUT2D eigenvalue weighted by Gasteiger charge is 2.25. The van der Waals surface area contributed by atoms with E-state index in [0.717, 1.165) is 0 Å². The van der Waals surface area contributed by atoms with E-state index in [2.05, 4.69) is 0 Å². The van der Waals surface area contributed by atoms with Crippen LogP contribution >= 0.6 is 10.7 Å². The first-order valence-corrected chi connectivity index (χ1v) is 7.68. The number of anilines is 1. The maximum Gasteiger partial charge on any atom is 0.261 e. The zero-order valence-electron chi connectivity index (χ0n) is 9.40. The van der Waals surface area contributed by atoms with E-state index in [-0.39, 0.29) is 23.8 Å². The Balaban J connectivity index is 2.46. The number of rotatable bonds is 3. The van der Waals surface area contributed by atoms with E-state index in [0.29, 0.717) is 17.7 Å². The number of carbonyl (C=O) groups is 1. The van der Waals surface area contributed by atoms with Crippen molar-refractivity contribution < 1.29 is 17.6 Å². The van der Waals surface area contributed by atoms with Gasteiger partial charge in [-0.15, -0.1) is 0 Å². The molecule has 7 heteroatoms. The summed E-state index contributed by atoms with van der Waals surface area (Å²) in [5.41, 5.74) is 1.26. The summed E-state index contributed by atoms with van der Waals surface area (Å²) >= 11 is 0. The molecule has 0 bridgehead atoms. The van der Waals surface area contributed by atoms with Gasteiger partial charge >= 0.3 is 0 Å². The van der Waals surface area contributed by atoms with Crippen molar-refractivity contribution in [3.63, 3.8) is 0 Å². The number of halogens is 2. The molecule has 0 aromatic heterocycles. The van der Waals surface area contributed by atoms with E-state index in [1.54, 1.807) is 0 Å². The van der Waals surface area contributed by atoms with Gasteiger partial charge in [0.25, 0.3) is 9.05 Å². The van der Waals surface area contributed by atoms with Crippen molar-refractivity contribution in [1.29, 1.82) is 0 Å². The van der Waals surface area contributed by atoms with Crippen LogP contribution in [0.4, 0.5) is 10.1 Å². The van der Waals surface area contributed by atoms with Crippen LogP contribution in [0.2, 0.25) is 0 Å². The number of amides is 1. The molecule has 0 saturated carbocycles. The third kappa shape index (κ3) is 2.49. The van der Waals surface area contributed by atoms with Crippen molar-refractivity contribution in [3.05, 3.63) is 23.8 Å². The van der Waals surface area contributed by atoms with E-state index in [9.17, 15) is 17.6 Å². The topological polar surface area (TPSA) is 54.5 Å². The summed E-state index contributed by atoms with van der Waals surface area (Å²) in [6.07, 6.45) is 0.690. The van der Waals surface area contributed by atoms with E-state index in [1.807, 2.05) is 0 Å². The first-order chi connectivity index (χ1) is 8.43. The Kier molecular flexibility index (Phi) is 3.59. The van der Waals surface area contributed by atoms with Crippen LogP contribution in [0, 0.1) is 0 Å². The third-order valence-electron chi connectivity index (χ3n) is 2.84. The second-order valence-corrected chi connectivity index (χ2v) is 6.53. The van der Waals surface area contributed by atoms with Crippen LogP contribution < -0.4 is 4.90 Å². The fraction of sp³-hybridized carbons (Fsp3) is 0.364. The van der Waals surface area contributed by atoms with Gasteiger partial charge in [-0.1, -0.05) is 0 Å². The summed E-state index contributed by atoms with van der Waals surface area (Å²) < 4.78 is 34.8. The molecule has 0 saturated heterocycles. The van der Waals surface area contributed by atoms with Gasteiger partial charge in [0, 0.05) is 22.8 Å². The van der Waals surface area contributed by atoms with Crippen LogP contribution in [0.25, 0.3) is 0 Å². The maximum absolute atomic E-state index is 12.4. The van der Waals surface area contributed by atoms with Crippen LogP contribution in [0.1, 0.15) is 12.0 Å². The van der Waals surface area contributed by atoms with Gasteiger partial charge in [0.15, 0.2) is 0 Å². The number of benzene rings is 1. The summed E-state index contributed by atoms with van der Waals surface area (Å²) in [5.74, 6) is -0.151. The van der Waals surface area contributed by atoms with Crippen LogP contribution in [-0.2, 0) is 20.3 Å². The number of fused-ring (bicyclic) bond motifs is 1. The minimum absolute atomic E-state index is 0.00235. The van der Waals surface area contributed by atoms with E-state index in [1.165, 1.54) is 23.1 Å². The summed E-state index contributed by atoms with van der Waals surface area (Å²) in [4.78, 5) is 13.0.